The van der Waals surface area contributed by atoms with Crippen molar-refractivity contribution in [3.8, 4) is 6.07 Å². The molecule has 3 saturated heterocycles. The van der Waals surface area contributed by atoms with E-state index in [0.29, 0.717) is 5.92 Å². The molecule has 0 spiro atoms. The van der Waals surface area contributed by atoms with Crippen LogP contribution >= 0.6 is 0 Å². The molecule has 2 N–H and O–H groups in total. The van der Waals surface area contributed by atoms with Crippen molar-refractivity contribution >= 4 is 0 Å². The third kappa shape index (κ3) is 0.943. The van der Waals surface area contributed by atoms with Gasteiger partial charge in [-0.25, -0.2) is 0 Å². The highest BCUT2D eigenvalue weighted by Crippen LogP contribution is 2.30. The minimum Gasteiger partial charge on any atom is -0.325 e. The Morgan fingerprint density at radius 1 is 1.36 bits per heavy atom. The summed E-state index contributed by atoms with van der Waals surface area (Å²) in [5, 5.41) is 8.81. The molecule has 0 saturated carbocycles. The Hall–Kier alpha value is -0.590. The molecule has 0 aromatic heterocycles. The Morgan fingerprint density at radius 3 is 2.36 bits per heavy atom. The smallest absolute Gasteiger partial charge is 0.113 e. The normalized spacial score (nSPS) is 48.7. The molecule has 0 aromatic rings. The van der Waals surface area contributed by atoms with Gasteiger partial charge in [0.05, 0.1) is 6.07 Å². The molecule has 3 rings (SSSR count). The maximum absolute atomic E-state index is 8.81. The van der Waals surface area contributed by atoms with Crippen molar-refractivity contribution in [1.82, 2.24) is 4.90 Å². The third-order valence-electron chi connectivity index (χ3n) is 3.01. The second-order valence-corrected chi connectivity index (χ2v) is 3.52. The first kappa shape index (κ1) is 7.08. The molecule has 3 heterocycles. The van der Waals surface area contributed by atoms with Crippen LogP contribution in [0.5, 0.6) is 0 Å². The quantitative estimate of drug-likeness (QED) is 0.527. The zero-order valence-corrected chi connectivity index (χ0v) is 6.53. The molecule has 0 aliphatic carbocycles. The van der Waals surface area contributed by atoms with E-state index in [1.54, 1.807) is 0 Å². The van der Waals surface area contributed by atoms with Crippen molar-refractivity contribution < 1.29 is 0 Å². The number of nitriles is 1. The fourth-order valence-corrected chi connectivity index (χ4v) is 2.25. The fraction of sp³-hybridized carbons (Fsp3) is 0.875. The summed E-state index contributed by atoms with van der Waals surface area (Å²) in [7, 11) is 0. The number of hydrogen-bond acceptors (Lipinski definition) is 3. The number of piperidine rings is 3. The van der Waals surface area contributed by atoms with Crippen molar-refractivity contribution in [2.24, 2.45) is 11.7 Å². The van der Waals surface area contributed by atoms with Crippen molar-refractivity contribution in [2.75, 3.05) is 13.1 Å². The van der Waals surface area contributed by atoms with Crippen LogP contribution in [0.2, 0.25) is 0 Å². The van der Waals surface area contributed by atoms with E-state index in [1.165, 1.54) is 12.8 Å². The lowest BCUT2D eigenvalue weighted by molar-refractivity contribution is 0.0556. The van der Waals surface area contributed by atoms with Crippen LogP contribution in [0.3, 0.4) is 0 Å². The molecule has 0 amide bonds. The minimum absolute atomic E-state index is 0.00231. The summed E-state index contributed by atoms with van der Waals surface area (Å²) in [6.07, 6.45) is 2.39. The largest absolute Gasteiger partial charge is 0.325 e. The van der Waals surface area contributed by atoms with E-state index in [-0.39, 0.29) is 12.1 Å². The van der Waals surface area contributed by atoms with Crippen molar-refractivity contribution in [1.29, 1.82) is 5.26 Å². The maximum Gasteiger partial charge on any atom is 0.113 e. The second-order valence-electron chi connectivity index (χ2n) is 3.52. The third-order valence-corrected chi connectivity index (χ3v) is 3.01. The average Bonchev–Trinajstić information content (AvgIpc) is 2.06. The van der Waals surface area contributed by atoms with Crippen LogP contribution in [0.15, 0.2) is 0 Å². The Balaban J connectivity index is 2.18. The molecule has 0 aromatic carbocycles. The molecule has 3 nitrogen and oxygen atoms in total. The zero-order valence-electron chi connectivity index (χ0n) is 6.53. The molecule has 60 valence electrons. The van der Waals surface area contributed by atoms with Crippen LogP contribution in [0.25, 0.3) is 0 Å². The van der Waals surface area contributed by atoms with Crippen molar-refractivity contribution in [3.63, 3.8) is 0 Å². The lowest BCUT2D eigenvalue weighted by atomic mass is 9.80. The Kier molecular flexibility index (Phi) is 1.59. The summed E-state index contributed by atoms with van der Waals surface area (Å²) in [4.78, 5) is 2.21. The SMILES string of the molecule is N#CC1C(N)C2CCN1CC2. The topological polar surface area (TPSA) is 53.1 Å². The average molecular weight is 151 g/mol. The van der Waals surface area contributed by atoms with E-state index in [4.69, 9.17) is 11.0 Å². The monoisotopic (exact) mass is 151 g/mol. The van der Waals surface area contributed by atoms with E-state index in [1.807, 2.05) is 0 Å². The first-order chi connectivity index (χ1) is 5.33. The van der Waals surface area contributed by atoms with E-state index in [2.05, 4.69) is 11.0 Å². The number of nitrogens with zero attached hydrogens (tertiary/aromatic N) is 2. The standard InChI is InChI=1S/C8H13N3/c9-5-7-8(10)6-1-3-11(7)4-2-6/h6-8H,1-4,10H2. The lowest BCUT2D eigenvalue weighted by Gasteiger charge is -2.46. The maximum atomic E-state index is 8.81. The van der Waals surface area contributed by atoms with Gasteiger partial charge in [-0.3, -0.25) is 4.90 Å². The molecule has 0 radical (unpaired) electrons. The summed E-state index contributed by atoms with van der Waals surface area (Å²) in [5.74, 6) is 0.615. The van der Waals surface area contributed by atoms with Gasteiger partial charge < -0.3 is 5.73 Å². The Bertz CT molecular complexity index is 186. The van der Waals surface area contributed by atoms with Gasteiger partial charge in [0.1, 0.15) is 6.04 Å². The molecule has 3 fully saturated rings. The minimum atomic E-state index is 0.00231. The number of rotatable bonds is 0. The van der Waals surface area contributed by atoms with Crippen LogP contribution < -0.4 is 5.73 Å². The lowest BCUT2D eigenvalue weighted by Crippen LogP contribution is -2.60. The van der Waals surface area contributed by atoms with Crippen molar-refractivity contribution in [2.45, 2.75) is 24.9 Å². The van der Waals surface area contributed by atoms with Crippen LogP contribution in [-0.2, 0) is 0 Å². The molecule has 3 aliphatic heterocycles. The highest BCUT2D eigenvalue weighted by atomic mass is 15.2. The van der Waals surface area contributed by atoms with Crippen LogP contribution in [0, 0.1) is 17.2 Å². The van der Waals surface area contributed by atoms with E-state index < -0.39 is 0 Å². The fourth-order valence-electron chi connectivity index (χ4n) is 2.25. The Labute approximate surface area is 66.8 Å². The zero-order chi connectivity index (χ0) is 7.84. The van der Waals surface area contributed by atoms with Gasteiger partial charge in [-0.2, -0.15) is 5.26 Å². The molecule has 2 bridgehead atoms. The van der Waals surface area contributed by atoms with Crippen molar-refractivity contribution in [3.05, 3.63) is 0 Å². The van der Waals surface area contributed by atoms with Gasteiger partial charge >= 0.3 is 0 Å². The molecule has 2 unspecified atom stereocenters. The van der Waals surface area contributed by atoms with Crippen LogP contribution in [-0.4, -0.2) is 30.1 Å². The van der Waals surface area contributed by atoms with Gasteiger partial charge in [0.2, 0.25) is 0 Å². The van der Waals surface area contributed by atoms with Gasteiger partial charge in [-0.05, 0) is 31.8 Å². The van der Waals surface area contributed by atoms with Crippen LogP contribution in [0.1, 0.15) is 12.8 Å². The molecule has 2 atom stereocenters. The van der Waals surface area contributed by atoms with Gasteiger partial charge in [0.25, 0.3) is 0 Å². The number of hydrogen-bond donors (Lipinski definition) is 1. The highest BCUT2D eigenvalue weighted by Gasteiger charge is 2.39. The molecule has 11 heavy (non-hydrogen) atoms. The van der Waals surface area contributed by atoms with E-state index >= 15 is 0 Å². The van der Waals surface area contributed by atoms with E-state index in [9.17, 15) is 0 Å². The second kappa shape index (κ2) is 2.47. The number of nitrogens with two attached hydrogens (primary N) is 1. The van der Waals surface area contributed by atoms with Crippen LogP contribution in [0.4, 0.5) is 0 Å². The summed E-state index contributed by atoms with van der Waals surface area (Å²) in [6.45, 7) is 2.16. The molecular weight excluding hydrogens is 138 g/mol. The summed E-state index contributed by atoms with van der Waals surface area (Å²) in [5.41, 5.74) is 5.91. The van der Waals surface area contributed by atoms with E-state index in [0.717, 1.165) is 13.1 Å². The summed E-state index contributed by atoms with van der Waals surface area (Å²) >= 11 is 0. The van der Waals surface area contributed by atoms with Gasteiger partial charge in [-0.1, -0.05) is 0 Å². The first-order valence-corrected chi connectivity index (χ1v) is 4.22. The van der Waals surface area contributed by atoms with Gasteiger partial charge in [0.15, 0.2) is 0 Å². The van der Waals surface area contributed by atoms with Gasteiger partial charge in [0, 0.05) is 6.04 Å². The highest BCUT2D eigenvalue weighted by molar-refractivity contribution is 5.07. The molecule has 3 aliphatic rings. The summed E-state index contributed by atoms with van der Waals surface area (Å²) < 4.78 is 0. The summed E-state index contributed by atoms with van der Waals surface area (Å²) in [6, 6.07) is 2.40. The predicted molar refractivity (Wildman–Crippen MR) is 41.7 cm³/mol. The Morgan fingerprint density at radius 2 is 2.00 bits per heavy atom. The first-order valence-electron chi connectivity index (χ1n) is 4.22. The van der Waals surface area contributed by atoms with Gasteiger partial charge in [-0.15, -0.1) is 0 Å². The predicted octanol–water partition coefficient (Wildman–Crippen LogP) is -0.0685. The number of fused-ring (bicyclic) bond motifs is 3. The molecular formula is C8H13N3. The molecule has 3 heteroatoms.